The molecule has 0 saturated heterocycles. The first-order valence-corrected chi connectivity index (χ1v) is 9.16. The highest BCUT2D eigenvalue weighted by atomic mass is 16.5. The van der Waals surface area contributed by atoms with Crippen molar-refractivity contribution in [2.75, 3.05) is 19.7 Å². The lowest BCUT2D eigenvalue weighted by Crippen LogP contribution is -2.39. The zero-order valence-corrected chi connectivity index (χ0v) is 15.6. The molecule has 0 atom stereocenters. The Kier molecular flexibility index (Phi) is 6.22. The smallest absolute Gasteiger partial charge is 0.325 e. The van der Waals surface area contributed by atoms with Crippen LogP contribution in [-0.4, -0.2) is 37.5 Å². The second kappa shape index (κ2) is 8.99. The number of rotatable bonds is 7. The van der Waals surface area contributed by atoms with E-state index in [1.165, 1.54) is 0 Å². The number of fused-ring (bicyclic) bond motifs is 1. The zero-order valence-electron chi connectivity index (χ0n) is 15.6. The third kappa shape index (κ3) is 4.65. The Balaban J connectivity index is 1.72. The number of hydrogen-bond donors (Lipinski definition) is 2. The van der Waals surface area contributed by atoms with Gasteiger partial charge in [0.25, 0.3) is 5.91 Å². The van der Waals surface area contributed by atoms with Crippen LogP contribution < -0.4 is 10.6 Å². The van der Waals surface area contributed by atoms with E-state index in [1.807, 2.05) is 60.7 Å². The normalized spacial score (nSPS) is 12.9. The molecule has 6 heteroatoms. The highest BCUT2D eigenvalue weighted by Gasteiger charge is 2.19. The summed E-state index contributed by atoms with van der Waals surface area (Å²) in [6, 6.07) is 11.7. The number of hydrogen-bond acceptors (Lipinski definition) is 4. The minimum atomic E-state index is -0.515. The van der Waals surface area contributed by atoms with Crippen LogP contribution in [0.2, 0.25) is 0 Å². The number of amides is 2. The first-order valence-electron chi connectivity index (χ1n) is 9.16. The van der Waals surface area contributed by atoms with Crippen LogP contribution in [-0.2, 0) is 14.3 Å². The summed E-state index contributed by atoms with van der Waals surface area (Å²) in [7, 11) is 0. The highest BCUT2D eigenvalue weighted by Crippen LogP contribution is 2.30. The summed E-state index contributed by atoms with van der Waals surface area (Å²) in [5, 5.41) is 7.06. The lowest BCUT2D eigenvalue weighted by atomic mass is 9.91. The Labute approximate surface area is 163 Å². The van der Waals surface area contributed by atoms with Crippen LogP contribution >= 0.6 is 0 Å². The Morgan fingerprint density at radius 3 is 2.32 bits per heavy atom. The van der Waals surface area contributed by atoms with Gasteiger partial charge >= 0.3 is 5.97 Å². The largest absolute Gasteiger partial charge is 0.465 e. The molecular formula is C22H22N2O4. The molecule has 2 N–H and O–H groups in total. The van der Waals surface area contributed by atoms with E-state index in [4.69, 9.17) is 4.74 Å². The molecule has 0 bridgehead atoms. The maximum atomic E-state index is 12.8. The first kappa shape index (κ1) is 19.4. The van der Waals surface area contributed by atoms with E-state index >= 15 is 0 Å². The number of nitrogens with one attached hydrogen (secondary N) is 2. The van der Waals surface area contributed by atoms with Gasteiger partial charge in [-0.15, -0.1) is 0 Å². The van der Waals surface area contributed by atoms with Crippen LogP contribution in [0, 0.1) is 0 Å². The lowest BCUT2D eigenvalue weighted by molar-refractivity contribution is -0.143. The number of benzene rings is 2. The van der Waals surface area contributed by atoms with Crippen molar-refractivity contribution in [2.45, 2.75) is 12.8 Å². The molecule has 0 radical (unpaired) electrons. The van der Waals surface area contributed by atoms with E-state index in [9.17, 15) is 14.4 Å². The predicted octanol–water partition coefficient (Wildman–Crippen LogP) is 2.46. The molecule has 1 aliphatic carbocycles. The monoisotopic (exact) mass is 378 g/mol. The summed E-state index contributed by atoms with van der Waals surface area (Å²) < 4.78 is 4.75. The average Bonchev–Trinajstić information content (AvgIpc) is 3.24. The molecule has 0 heterocycles. The van der Waals surface area contributed by atoms with E-state index in [1.54, 1.807) is 6.92 Å². The first-order chi connectivity index (χ1) is 13.6. The minimum absolute atomic E-state index is 0.0167. The van der Waals surface area contributed by atoms with Crippen LogP contribution in [0.3, 0.4) is 0 Å². The molecule has 0 spiro atoms. The molecule has 28 heavy (non-hydrogen) atoms. The number of ether oxygens (including phenoxy) is 1. The molecule has 1 aliphatic rings. The van der Waals surface area contributed by atoms with Crippen LogP contribution in [0.1, 0.15) is 28.8 Å². The van der Waals surface area contributed by atoms with Crippen molar-refractivity contribution in [3.05, 3.63) is 71.8 Å². The summed E-state index contributed by atoms with van der Waals surface area (Å²) in [5.41, 5.74) is 1.41. The molecule has 6 nitrogen and oxygen atoms in total. The fourth-order valence-corrected chi connectivity index (χ4v) is 3.07. The standard InChI is InChI=1S/C22H22N2O4/c1-2-28-21(26)14-23-20(25)13-24-22(27)19-12-17-10-6-5-9-16(17)11-18(19)15-7-3-4-8-15/h3-12,15H,2,13-14H2,1H3,(H,23,25)(H,24,27). The van der Waals surface area contributed by atoms with Crippen LogP contribution in [0.15, 0.2) is 60.7 Å². The second-order valence-electron chi connectivity index (χ2n) is 6.35. The van der Waals surface area contributed by atoms with Crippen molar-refractivity contribution in [3.8, 4) is 0 Å². The molecule has 2 aromatic carbocycles. The molecule has 144 valence electrons. The fraction of sp³-hybridized carbons (Fsp3) is 0.227. The van der Waals surface area contributed by atoms with E-state index in [2.05, 4.69) is 10.6 Å². The maximum absolute atomic E-state index is 12.8. The van der Waals surface area contributed by atoms with E-state index in [0.29, 0.717) is 5.56 Å². The van der Waals surface area contributed by atoms with Gasteiger partial charge in [-0.05, 0) is 35.4 Å². The van der Waals surface area contributed by atoms with Crippen molar-refractivity contribution in [2.24, 2.45) is 0 Å². The van der Waals surface area contributed by atoms with Crippen LogP contribution in [0.4, 0.5) is 0 Å². The van der Waals surface area contributed by atoms with Crippen LogP contribution in [0.25, 0.3) is 10.8 Å². The summed E-state index contributed by atoms with van der Waals surface area (Å²) in [5.74, 6) is -1.29. The summed E-state index contributed by atoms with van der Waals surface area (Å²) in [4.78, 5) is 36.0. The van der Waals surface area contributed by atoms with Gasteiger partial charge in [0.1, 0.15) is 6.54 Å². The lowest BCUT2D eigenvalue weighted by Gasteiger charge is -2.15. The molecule has 2 amide bonds. The van der Waals surface area contributed by atoms with Gasteiger partial charge in [0.15, 0.2) is 0 Å². The summed E-state index contributed by atoms with van der Waals surface area (Å²) in [6.07, 6.45) is 7.94. The third-order valence-electron chi connectivity index (χ3n) is 4.41. The number of carbonyl (C=O) groups excluding carboxylic acids is 3. The summed E-state index contributed by atoms with van der Waals surface area (Å²) >= 11 is 0. The molecule has 0 saturated carbocycles. The predicted molar refractivity (Wildman–Crippen MR) is 107 cm³/mol. The van der Waals surface area contributed by atoms with Gasteiger partial charge in [-0.3, -0.25) is 14.4 Å². The Bertz CT molecular complexity index is 950. The van der Waals surface area contributed by atoms with Gasteiger partial charge in [-0.2, -0.15) is 0 Å². The fourth-order valence-electron chi connectivity index (χ4n) is 3.07. The van der Waals surface area contributed by atoms with Gasteiger partial charge in [0.2, 0.25) is 5.91 Å². The van der Waals surface area contributed by atoms with E-state index in [0.717, 1.165) is 16.3 Å². The van der Waals surface area contributed by atoms with Crippen molar-refractivity contribution in [1.29, 1.82) is 0 Å². The van der Waals surface area contributed by atoms with Crippen molar-refractivity contribution < 1.29 is 19.1 Å². The third-order valence-corrected chi connectivity index (χ3v) is 4.41. The average molecular weight is 378 g/mol. The number of allylic oxidation sites excluding steroid dienone is 4. The summed E-state index contributed by atoms with van der Waals surface area (Å²) in [6.45, 7) is 1.50. The highest BCUT2D eigenvalue weighted by molar-refractivity contribution is 6.02. The molecule has 0 aromatic heterocycles. The minimum Gasteiger partial charge on any atom is -0.465 e. The molecular weight excluding hydrogens is 356 g/mol. The molecule has 3 rings (SSSR count). The Morgan fingerprint density at radius 1 is 0.964 bits per heavy atom. The van der Waals surface area contributed by atoms with Gasteiger partial charge in [0, 0.05) is 11.5 Å². The number of carbonyl (C=O) groups is 3. The van der Waals surface area contributed by atoms with Crippen molar-refractivity contribution >= 4 is 28.6 Å². The molecule has 2 aromatic rings. The maximum Gasteiger partial charge on any atom is 0.325 e. The molecule has 0 aliphatic heterocycles. The topological polar surface area (TPSA) is 84.5 Å². The van der Waals surface area contributed by atoms with Crippen LogP contribution in [0.5, 0.6) is 0 Å². The van der Waals surface area contributed by atoms with Crippen molar-refractivity contribution in [3.63, 3.8) is 0 Å². The van der Waals surface area contributed by atoms with Gasteiger partial charge in [-0.25, -0.2) is 0 Å². The molecule has 0 unspecified atom stereocenters. The Hall–Kier alpha value is -3.41. The van der Waals surface area contributed by atoms with Gasteiger partial charge in [0.05, 0.1) is 13.2 Å². The van der Waals surface area contributed by atoms with Gasteiger partial charge < -0.3 is 15.4 Å². The Morgan fingerprint density at radius 2 is 1.64 bits per heavy atom. The SMILES string of the molecule is CCOC(=O)CNC(=O)CNC(=O)c1cc2ccccc2cc1C1C=CC=C1. The zero-order chi connectivity index (χ0) is 19.9. The quantitative estimate of drug-likeness (QED) is 0.725. The van der Waals surface area contributed by atoms with Crippen molar-refractivity contribution in [1.82, 2.24) is 10.6 Å². The van der Waals surface area contributed by atoms with Gasteiger partial charge in [-0.1, -0.05) is 48.6 Å². The number of esters is 1. The second-order valence-corrected chi connectivity index (χ2v) is 6.35. The van der Waals surface area contributed by atoms with E-state index < -0.39 is 11.9 Å². The van der Waals surface area contributed by atoms with E-state index in [-0.39, 0.29) is 31.5 Å². The molecule has 0 fully saturated rings.